The number of piperidine rings is 1. The first-order chi connectivity index (χ1) is 15.5. The van der Waals surface area contributed by atoms with Crippen LogP contribution in [0.4, 0.5) is 10.2 Å². The molecule has 32 heavy (non-hydrogen) atoms. The van der Waals surface area contributed by atoms with Crippen molar-refractivity contribution in [2.75, 3.05) is 18.4 Å². The molecular weight excluding hydrogens is 407 g/mol. The Hall–Kier alpha value is -3.48. The van der Waals surface area contributed by atoms with Gasteiger partial charge in [0.2, 0.25) is 5.91 Å². The van der Waals surface area contributed by atoms with Gasteiger partial charge in [0.1, 0.15) is 11.6 Å². The fourth-order valence-corrected chi connectivity index (χ4v) is 4.05. The number of nitrogens with one attached hydrogen (secondary N) is 1. The number of benzene rings is 2. The van der Waals surface area contributed by atoms with E-state index in [9.17, 15) is 14.0 Å². The molecule has 0 spiro atoms. The van der Waals surface area contributed by atoms with Crippen LogP contribution in [0, 0.1) is 12.7 Å². The van der Waals surface area contributed by atoms with Crippen LogP contribution in [-0.4, -0.2) is 39.6 Å². The number of hydrogen-bond acceptors (Lipinski definition) is 3. The second-order valence-corrected chi connectivity index (χ2v) is 8.22. The standard InChI is InChI=1S/C25H27FN4O2/c1-18-5-7-19(8-6-18)9-10-24(31)29-15-12-22(13-16-29)30-23(11-14-27-30)28-25(32)20-3-2-4-21(26)17-20/h2-8,11,14,17,22H,9-10,12-13,15-16H2,1H3,(H,28,32). The molecule has 1 aliphatic rings. The monoisotopic (exact) mass is 434 g/mol. The van der Waals surface area contributed by atoms with E-state index in [1.165, 1.54) is 29.3 Å². The molecule has 2 heterocycles. The van der Waals surface area contributed by atoms with E-state index in [2.05, 4.69) is 41.6 Å². The van der Waals surface area contributed by atoms with E-state index in [0.29, 0.717) is 25.3 Å². The van der Waals surface area contributed by atoms with Crippen LogP contribution in [0.15, 0.2) is 60.8 Å². The maximum Gasteiger partial charge on any atom is 0.256 e. The largest absolute Gasteiger partial charge is 0.343 e. The fourth-order valence-electron chi connectivity index (χ4n) is 4.05. The van der Waals surface area contributed by atoms with Crippen LogP contribution in [0.2, 0.25) is 0 Å². The third kappa shape index (κ3) is 5.22. The number of hydrogen-bond donors (Lipinski definition) is 1. The molecule has 1 aromatic heterocycles. The summed E-state index contributed by atoms with van der Waals surface area (Å²) in [6, 6.07) is 15.7. The van der Waals surface area contributed by atoms with Gasteiger partial charge in [-0.15, -0.1) is 0 Å². The number of aryl methyl sites for hydroxylation is 2. The summed E-state index contributed by atoms with van der Waals surface area (Å²) in [6.07, 6.45) is 4.42. The Labute approximate surface area is 187 Å². The van der Waals surface area contributed by atoms with Crippen molar-refractivity contribution < 1.29 is 14.0 Å². The first-order valence-corrected chi connectivity index (χ1v) is 10.9. The maximum absolute atomic E-state index is 13.4. The zero-order valence-electron chi connectivity index (χ0n) is 18.1. The van der Waals surface area contributed by atoms with Crippen LogP contribution in [0.1, 0.15) is 46.8 Å². The molecule has 0 aliphatic carbocycles. The summed E-state index contributed by atoms with van der Waals surface area (Å²) < 4.78 is 15.2. The van der Waals surface area contributed by atoms with Crippen LogP contribution in [0.5, 0.6) is 0 Å². The molecule has 4 rings (SSSR count). The van der Waals surface area contributed by atoms with Crippen molar-refractivity contribution in [2.45, 2.75) is 38.6 Å². The summed E-state index contributed by atoms with van der Waals surface area (Å²) in [7, 11) is 0. The summed E-state index contributed by atoms with van der Waals surface area (Å²) >= 11 is 0. The molecule has 0 radical (unpaired) electrons. The minimum absolute atomic E-state index is 0.0916. The number of carbonyl (C=O) groups is 2. The highest BCUT2D eigenvalue weighted by molar-refractivity contribution is 6.03. The molecule has 1 N–H and O–H groups in total. The van der Waals surface area contributed by atoms with Gasteiger partial charge in [0.15, 0.2) is 0 Å². The number of aromatic nitrogens is 2. The topological polar surface area (TPSA) is 67.2 Å². The number of halogens is 1. The number of rotatable bonds is 6. The third-order valence-corrected chi connectivity index (χ3v) is 5.91. The molecule has 2 aromatic carbocycles. The second-order valence-electron chi connectivity index (χ2n) is 8.22. The molecule has 0 bridgehead atoms. The molecule has 0 unspecified atom stereocenters. The lowest BCUT2D eigenvalue weighted by molar-refractivity contribution is -0.132. The summed E-state index contributed by atoms with van der Waals surface area (Å²) in [5.74, 6) is -0.0897. The zero-order chi connectivity index (χ0) is 22.5. The summed E-state index contributed by atoms with van der Waals surface area (Å²) in [4.78, 5) is 27.0. The Morgan fingerprint density at radius 3 is 2.56 bits per heavy atom. The van der Waals surface area contributed by atoms with Gasteiger partial charge in [-0.05, 0) is 49.9 Å². The SMILES string of the molecule is Cc1ccc(CCC(=O)N2CCC(n3nccc3NC(=O)c3cccc(F)c3)CC2)cc1. The summed E-state index contributed by atoms with van der Waals surface area (Å²) in [5.41, 5.74) is 2.65. The molecule has 2 amide bonds. The van der Waals surface area contributed by atoms with Gasteiger partial charge in [-0.1, -0.05) is 35.9 Å². The highest BCUT2D eigenvalue weighted by Crippen LogP contribution is 2.26. The lowest BCUT2D eigenvalue weighted by Crippen LogP contribution is -2.39. The van der Waals surface area contributed by atoms with Gasteiger partial charge < -0.3 is 10.2 Å². The Morgan fingerprint density at radius 1 is 1.09 bits per heavy atom. The normalized spacial score (nSPS) is 14.4. The van der Waals surface area contributed by atoms with Gasteiger partial charge in [-0.3, -0.25) is 9.59 Å². The first kappa shape index (κ1) is 21.7. The van der Waals surface area contributed by atoms with Crippen molar-refractivity contribution >= 4 is 17.6 Å². The van der Waals surface area contributed by atoms with Crippen molar-refractivity contribution in [3.63, 3.8) is 0 Å². The van der Waals surface area contributed by atoms with E-state index < -0.39 is 5.82 Å². The van der Waals surface area contributed by atoms with E-state index in [1.807, 2.05) is 4.90 Å². The van der Waals surface area contributed by atoms with Crippen molar-refractivity contribution in [3.05, 3.63) is 83.3 Å². The molecular formula is C25H27FN4O2. The highest BCUT2D eigenvalue weighted by Gasteiger charge is 2.25. The lowest BCUT2D eigenvalue weighted by atomic mass is 10.0. The molecule has 1 aliphatic heterocycles. The van der Waals surface area contributed by atoms with Gasteiger partial charge >= 0.3 is 0 Å². The summed E-state index contributed by atoms with van der Waals surface area (Å²) in [6.45, 7) is 3.38. The lowest BCUT2D eigenvalue weighted by Gasteiger charge is -2.33. The average molecular weight is 435 g/mol. The molecule has 1 saturated heterocycles. The maximum atomic E-state index is 13.4. The predicted molar refractivity (Wildman–Crippen MR) is 121 cm³/mol. The van der Waals surface area contributed by atoms with Crippen LogP contribution in [0.25, 0.3) is 0 Å². The first-order valence-electron chi connectivity index (χ1n) is 10.9. The predicted octanol–water partition coefficient (Wildman–Crippen LogP) is 4.38. The number of amides is 2. The van der Waals surface area contributed by atoms with Gasteiger partial charge in [-0.25, -0.2) is 9.07 Å². The third-order valence-electron chi connectivity index (χ3n) is 5.91. The fraction of sp³-hybridized carbons (Fsp3) is 0.320. The van der Waals surface area contributed by atoms with E-state index in [4.69, 9.17) is 0 Å². The van der Waals surface area contributed by atoms with E-state index in [0.717, 1.165) is 19.3 Å². The molecule has 6 nitrogen and oxygen atoms in total. The Bertz CT molecular complexity index is 1090. The molecule has 0 saturated carbocycles. The minimum Gasteiger partial charge on any atom is -0.343 e. The summed E-state index contributed by atoms with van der Waals surface area (Å²) in [5, 5.41) is 7.20. The quantitative estimate of drug-likeness (QED) is 0.626. The molecule has 3 aromatic rings. The van der Waals surface area contributed by atoms with Crippen LogP contribution < -0.4 is 5.32 Å². The molecule has 166 valence electrons. The van der Waals surface area contributed by atoms with Gasteiger partial charge in [0.25, 0.3) is 5.91 Å². The van der Waals surface area contributed by atoms with E-state index in [-0.39, 0.29) is 23.4 Å². The van der Waals surface area contributed by atoms with Gasteiger partial charge in [0, 0.05) is 31.1 Å². The van der Waals surface area contributed by atoms with E-state index in [1.54, 1.807) is 23.0 Å². The van der Waals surface area contributed by atoms with Crippen molar-refractivity contribution in [2.24, 2.45) is 0 Å². The molecule has 7 heteroatoms. The number of anilines is 1. The Balaban J connectivity index is 1.31. The van der Waals surface area contributed by atoms with Crippen molar-refractivity contribution in [3.8, 4) is 0 Å². The Morgan fingerprint density at radius 2 is 1.84 bits per heavy atom. The number of carbonyl (C=O) groups excluding carboxylic acids is 2. The smallest absolute Gasteiger partial charge is 0.256 e. The van der Waals surface area contributed by atoms with Crippen LogP contribution in [-0.2, 0) is 11.2 Å². The van der Waals surface area contributed by atoms with Crippen molar-refractivity contribution in [1.29, 1.82) is 0 Å². The van der Waals surface area contributed by atoms with Crippen molar-refractivity contribution in [1.82, 2.24) is 14.7 Å². The van der Waals surface area contributed by atoms with Crippen LogP contribution in [0.3, 0.4) is 0 Å². The Kier molecular flexibility index (Phi) is 6.63. The number of nitrogens with zero attached hydrogens (tertiary/aromatic N) is 3. The van der Waals surface area contributed by atoms with Crippen LogP contribution >= 0.6 is 0 Å². The molecule has 1 fully saturated rings. The molecule has 0 atom stereocenters. The van der Waals surface area contributed by atoms with Gasteiger partial charge in [-0.2, -0.15) is 5.10 Å². The highest BCUT2D eigenvalue weighted by atomic mass is 19.1. The zero-order valence-corrected chi connectivity index (χ0v) is 18.1. The minimum atomic E-state index is -0.453. The van der Waals surface area contributed by atoms with E-state index >= 15 is 0 Å². The van der Waals surface area contributed by atoms with Gasteiger partial charge in [0.05, 0.1) is 12.2 Å². The number of likely N-dealkylation sites (tertiary alicyclic amines) is 1. The second kappa shape index (κ2) is 9.77. The average Bonchev–Trinajstić information content (AvgIpc) is 3.26.